The van der Waals surface area contributed by atoms with Gasteiger partial charge in [-0.1, -0.05) is 6.07 Å². The predicted octanol–water partition coefficient (Wildman–Crippen LogP) is 0.333. The van der Waals surface area contributed by atoms with Crippen LogP contribution in [-0.4, -0.2) is 37.5 Å². The van der Waals surface area contributed by atoms with Crippen molar-refractivity contribution in [2.24, 2.45) is 0 Å². The summed E-state index contributed by atoms with van der Waals surface area (Å²) in [5.74, 6) is -2.37. The van der Waals surface area contributed by atoms with E-state index in [0.29, 0.717) is 11.4 Å². The Kier molecular flexibility index (Phi) is 6.91. The molecule has 0 aliphatic heterocycles. The minimum atomic E-state index is -0.830. The molecule has 0 aromatic heterocycles. The lowest BCUT2D eigenvalue weighted by Crippen LogP contribution is -3.14. The van der Waals surface area contributed by atoms with Gasteiger partial charge in [-0.3, -0.25) is 9.59 Å². The molecule has 0 saturated heterocycles. The SMILES string of the molecule is CC[NH+](CC(=O)Nc1c(F)cccc1F)CC(=O)NC(C)C. The Bertz CT molecular complexity index is 515. The molecule has 1 atom stereocenters. The second-order valence-electron chi connectivity index (χ2n) is 5.32. The maximum atomic E-state index is 13.5. The summed E-state index contributed by atoms with van der Waals surface area (Å²) in [4.78, 5) is 24.3. The first-order valence-corrected chi connectivity index (χ1v) is 7.20. The predicted molar refractivity (Wildman–Crippen MR) is 79.5 cm³/mol. The highest BCUT2D eigenvalue weighted by Gasteiger charge is 2.19. The molecule has 0 fully saturated rings. The molecule has 0 radical (unpaired) electrons. The molecule has 7 heteroatoms. The van der Waals surface area contributed by atoms with E-state index in [1.807, 2.05) is 20.8 Å². The fourth-order valence-electron chi connectivity index (χ4n) is 1.94. The van der Waals surface area contributed by atoms with Gasteiger partial charge >= 0.3 is 0 Å². The molecule has 2 amide bonds. The van der Waals surface area contributed by atoms with Gasteiger partial charge in [0.25, 0.3) is 11.8 Å². The fourth-order valence-corrected chi connectivity index (χ4v) is 1.94. The number of likely N-dealkylation sites (N-methyl/N-ethyl adjacent to an activating group) is 1. The summed E-state index contributed by atoms with van der Waals surface area (Å²) in [6, 6.07) is 3.38. The molecule has 0 heterocycles. The summed E-state index contributed by atoms with van der Waals surface area (Å²) in [6.07, 6.45) is 0. The number of halogens is 2. The summed E-state index contributed by atoms with van der Waals surface area (Å²) in [6.45, 7) is 6.14. The van der Waals surface area contributed by atoms with Crippen LogP contribution in [0, 0.1) is 11.6 Å². The highest BCUT2D eigenvalue weighted by atomic mass is 19.1. The number of nitrogens with one attached hydrogen (secondary N) is 3. The van der Waals surface area contributed by atoms with E-state index in [0.717, 1.165) is 12.1 Å². The third-order valence-electron chi connectivity index (χ3n) is 3.00. The molecule has 0 aliphatic carbocycles. The zero-order valence-corrected chi connectivity index (χ0v) is 13.0. The van der Waals surface area contributed by atoms with Crippen molar-refractivity contribution < 1.29 is 23.3 Å². The van der Waals surface area contributed by atoms with Crippen molar-refractivity contribution >= 4 is 17.5 Å². The average molecular weight is 314 g/mol. The molecule has 0 spiro atoms. The fraction of sp³-hybridized carbons (Fsp3) is 0.467. The number of quaternary nitrogens is 1. The third-order valence-corrected chi connectivity index (χ3v) is 3.00. The van der Waals surface area contributed by atoms with Crippen molar-refractivity contribution in [1.29, 1.82) is 0 Å². The first kappa shape index (κ1) is 18.0. The maximum absolute atomic E-state index is 13.5. The topological polar surface area (TPSA) is 62.6 Å². The van der Waals surface area contributed by atoms with Gasteiger partial charge in [-0.25, -0.2) is 8.78 Å². The van der Waals surface area contributed by atoms with Crippen molar-refractivity contribution in [2.75, 3.05) is 25.0 Å². The molecular formula is C15H22F2N3O2+. The Morgan fingerprint density at radius 2 is 1.68 bits per heavy atom. The van der Waals surface area contributed by atoms with E-state index < -0.39 is 23.2 Å². The maximum Gasteiger partial charge on any atom is 0.279 e. The van der Waals surface area contributed by atoms with Gasteiger partial charge in [0.05, 0.1) is 6.54 Å². The molecule has 1 aromatic rings. The van der Waals surface area contributed by atoms with Crippen molar-refractivity contribution in [2.45, 2.75) is 26.8 Å². The minimum absolute atomic E-state index is 0.0203. The van der Waals surface area contributed by atoms with Crippen molar-refractivity contribution in [3.05, 3.63) is 29.8 Å². The number of carbonyl (C=O) groups excluding carboxylic acids is 2. The summed E-state index contributed by atoms with van der Waals surface area (Å²) < 4.78 is 26.9. The van der Waals surface area contributed by atoms with Gasteiger partial charge in [-0.05, 0) is 32.9 Å². The number of para-hydroxylation sites is 1. The molecule has 122 valence electrons. The van der Waals surface area contributed by atoms with Crippen LogP contribution in [0.4, 0.5) is 14.5 Å². The lowest BCUT2D eigenvalue weighted by Gasteiger charge is -2.18. The molecule has 0 bridgehead atoms. The van der Waals surface area contributed by atoms with E-state index in [1.165, 1.54) is 6.07 Å². The van der Waals surface area contributed by atoms with Gasteiger partial charge in [-0.15, -0.1) is 0 Å². The van der Waals surface area contributed by atoms with Crippen LogP contribution in [0.2, 0.25) is 0 Å². The van der Waals surface area contributed by atoms with Crippen molar-refractivity contribution in [3.8, 4) is 0 Å². The van der Waals surface area contributed by atoms with Gasteiger partial charge < -0.3 is 15.5 Å². The zero-order chi connectivity index (χ0) is 16.7. The van der Waals surface area contributed by atoms with E-state index in [4.69, 9.17) is 0 Å². The number of amides is 2. The average Bonchev–Trinajstić information content (AvgIpc) is 2.41. The van der Waals surface area contributed by atoms with Crippen molar-refractivity contribution in [1.82, 2.24) is 5.32 Å². The summed E-state index contributed by atoms with van der Waals surface area (Å²) in [5, 5.41) is 4.95. The van der Waals surface area contributed by atoms with Crippen LogP contribution in [0.25, 0.3) is 0 Å². The lowest BCUT2D eigenvalue weighted by molar-refractivity contribution is -0.881. The van der Waals surface area contributed by atoms with Gasteiger partial charge in [0.1, 0.15) is 17.3 Å². The van der Waals surface area contributed by atoms with Crippen LogP contribution in [0.3, 0.4) is 0 Å². The monoisotopic (exact) mass is 314 g/mol. The molecule has 0 saturated carbocycles. The van der Waals surface area contributed by atoms with Gasteiger partial charge in [0.2, 0.25) is 0 Å². The van der Waals surface area contributed by atoms with E-state index in [1.54, 1.807) is 0 Å². The molecule has 5 nitrogen and oxygen atoms in total. The van der Waals surface area contributed by atoms with Crippen LogP contribution in [0.5, 0.6) is 0 Å². The first-order valence-electron chi connectivity index (χ1n) is 7.20. The van der Waals surface area contributed by atoms with Crippen molar-refractivity contribution in [3.63, 3.8) is 0 Å². The molecular weight excluding hydrogens is 292 g/mol. The van der Waals surface area contributed by atoms with Gasteiger partial charge in [0, 0.05) is 6.04 Å². The highest BCUT2D eigenvalue weighted by Crippen LogP contribution is 2.17. The van der Waals surface area contributed by atoms with Gasteiger partial charge in [0.15, 0.2) is 13.1 Å². The molecule has 3 N–H and O–H groups in total. The Balaban J connectivity index is 2.60. The molecule has 1 unspecified atom stereocenters. The molecule has 1 rings (SSSR count). The van der Waals surface area contributed by atoms with E-state index in [9.17, 15) is 18.4 Å². The second-order valence-corrected chi connectivity index (χ2v) is 5.32. The van der Waals surface area contributed by atoms with E-state index in [2.05, 4.69) is 10.6 Å². The Hall–Kier alpha value is -2.02. The number of benzene rings is 1. The third kappa shape index (κ3) is 5.77. The largest absolute Gasteiger partial charge is 0.349 e. The smallest absolute Gasteiger partial charge is 0.279 e. The second kappa shape index (κ2) is 8.43. The molecule has 0 aliphatic rings. The normalized spacial score (nSPS) is 12.1. The Morgan fingerprint density at radius 3 is 2.18 bits per heavy atom. The Labute approximate surface area is 128 Å². The highest BCUT2D eigenvalue weighted by molar-refractivity contribution is 5.91. The molecule has 1 aromatic carbocycles. The van der Waals surface area contributed by atoms with Gasteiger partial charge in [-0.2, -0.15) is 0 Å². The standard InChI is InChI=1S/C15H21F2N3O2/c1-4-20(8-13(21)18-10(2)3)9-14(22)19-15-11(16)6-5-7-12(15)17/h5-7,10H,4,8-9H2,1-3H3,(H,18,21)(H,19,22)/p+1. The van der Waals surface area contributed by atoms with Crippen LogP contribution >= 0.6 is 0 Å². The summed E-state index contributed by atoms with van der Waals surface area (Å²) >= 11 is 0. The van der Waals surface area contributed by atoms with E-state index >= 15 is 0 Å². The van der Waals surface area contributed by atoms with Crippen LogP contribution in [-0.2, 0) is 9.59 Å². The Morgan fingerprint density at radius 1 is 1.14 bits per heavy atom. The number of hydrogen-bond acceptors (Lipinski definition) is 2. The zero-order valence-electron chi connectivity index (χ0n) is 13.0. The summed E-state index contributed by atoms with van der Waals surface area (Å²) in [7, 11) is 0. The van der Waals surface area contributed by atoms with Crippen LogP contribution < -0.4 is 15.5 Å². The first-order chi connectivity index (χ1) is 10.3. The number of hydrogen-bond donors (Lipinski definition) is 3. The summed E-state index contributed by atoms with van der Waals surface area (Å²) in [5.41, 5.74) is -0.463. The quantitative estimate of drug-likeness (QED) is 0.679. The number of carbonyl (C=O) groups is 2. The van der Waals surface area contributed by atoms with E-state index in [-0.39, 0.29) is 25.0 Å². The molecule has 22 heavy (non-hydrogen) atoms. The lowest BCUT2D eigenvalue weighted by atomic mass is 10.3. The minimum Gasteiger partial charge on any atom is -0.349 e. The van der Waals surface area contributed by atoms with Crippen LogP contribution in [0.1, 0.15) is 20.8 Å². The number of rotatable bonds is 7. The number of anilines is 1. The van der Waals surface area contributed by atoms with Crippen LogP contribution in [0.15, 0.2) is 18.2 Å².